The van der Waals surface area contributed by atoms with Crippen LogP contribution in [0.3, 0.4) is 0 Å². The first-order valence-electron chi connectivity index (χ1n) is 12.9. The highest BCUT2D eigenvalue weighted by molar-refractivity contribution is 7.22. The van der Waals surface area contributed by atoms with Gasteiger partial charge in [-0.25, -0.2) is 9.37 Å². The number of hydrogen-bond donors (Lipinski definition) is 1. The number of amides is 1. The van der Waals surface area contributed by atoms with Gasteiger partial charge in [-0.2, -0.15) is 13.2 Å². The van der Waals surface area contributed by atoms with Crippen LogP contribution in [0, 0.1) is 15.9 Å². The standard InChI is InChI=1S/C26H27F4N5O4S/c27-16-1-8-23-21(13-16)32-25(40-23)34-11-9-33(10-12-34)24(36)15-39-19-5-2-17(3-6-19)31-18-4-7-22(35(37)38)20(14-18)26(28,29)30/h1,4,7-8,13-14,17,19,31H,2-3,5-6,9-12,15H2/t17-,19-. The second-order valence-electron chi connectivity index (χ2n) is 9.89. The van der Waals surface area contributed by atoms with Crippen LogP contribution < -0.4 is 10.2 Å². The molecule has 9 nitrogen and oxygen atoms in total. The molecule has 0 radical (unpaired) electrons. The first-order chi connectivity index (χ1) is 19.1. The molecule has 1 aromatic heterocycles. The summed E-state index contributed by atoms with van der Waals surface area (Å²) in [5.41, 5.74) is -1.46. The second-order valence-corrected chi connectivity index (χ2v) is 10.9. The van der Waals surface area contributed by atoms with E-state index in [1.54, 1.807) is 11.0 Å². The molecule has 1 aliphatic heterocycles. The highest BCUT2D eigenvalue weighted by atomic mass is 32.1. The molecule has 0 atom stereocenters. The molecule has 2 aliphatic rings. The molecule has 1 aliphatic carbocycles. The van der Waals surface area contributed by atoms with Gasteiger partial charge in [-0.1, -0.05) is 11.3 Å². The number of halogens is 4. The maximum Gasteiger partial charge on any atom is 0.423 e. The molecule has 14 heteroatoms. The third-order valence-electron chi connectivity index (χ3n) is 7.23. The Balaban J connectivity index is 1.05. The summed E-state index contributed by atoms with van der Waals surface area (Å²) in [6.45, 7) is 2.24. The molecule has 2 aromatic carbocycles. The van der Waals surface area contributed by atoms with Crippen molar-refractivity contribution in [2.75, 3.05) is 43.0 Å². The summed E-state index contributed by atoms with van der Waals surface area (Å²) >= 11 is 1.49. The first kappa shape index (κ1) is 28.0. The number of nitro groups is 1. The number of thiazole rings is 1. The van der Waals surface area contributed by atoms with Crippen molar-refractivity contribution < 1.29 is 32.0 Å². The normalized spacial score (nSPS) is 20.1. The SMILES string of the molecule is O=C(CO[C@H]1CC[C@H](Nc2ccc([N+](=O)[O-])c(C(F)(F)F)c2)CC1)N1CCN(c2nc3cc(F)ccc3s2)CC1. The van der Waals surface area contributed by atoms with Crippen molar-refractivity contribution in [3.05, 3.63) is 57.9 Å². The lowest BCUT2D eigenvalue weighted by atomic mass is 9.92. The number of ether oxygens (including phenoxy) is 1. The minimum atomic E-state index is -4.83. The second kappa shape index (κ2) is 11.5. The van der Waals surface area contributed by atoms with Crippen LogP contribution in [0.5, 0.6) is 0 Å². The highest BCUT2D eigenvalue weighted by Gasteiger charge is 2.38. The van der Waals surface area contributed by atoms with Gasteiger partial charge in [0.05, 0.1) is 21.2 Å². The molecule has 5 rings (SSSR count). The van der Waals surface area contributed by atoms with Gasteiger partial charge in [-0.05, 0) is 49.9 Å². The van der Waals surface area contributed by atoms with E-state index in [-0.39, 0.29) is 36.2 Å². The molecular weight excluding hydrogens is 554 g/mol. The van der Waals surface area contributed by atoms with Crippen LogP contribution in [-0.2, 0) is 15.7 Å². The summed E-state index contributed by atoms with van der Waals surface area (Å²) in [6, 6.07) is 7.36. The van der Waals surface area contributed by atoms with Gasteiger partial charge in [0.1, 0.15) is 18.0 Å². The molecule has 3 aromatic rings. The smallest absolute Gasteiger partial charge is 0.382 e. The van der Waals surface area contributed by atoms with E-state index in [1.165, 1.54) is 29.5 Å². The van der Waals surface area contributed by atoms with Crippen LogP contribution in [0.25, 0.3) is 10.2 Å². The number of anilines is 2. The van der Waals surface area contributed by atoms with Crippen molar-refractivity contribution in [2.24, 2.45) is 0 Å². The zero-order valence-corrected chi connectivity index (χ0v) is 22.1. The van der Waals surface area contributed by atoms with Crippen molar-refractivity contribution in [2.45, 2.75) is 44.0 Å². The summed E-state index contributed by atoms with van der Waals surface area (Å²) < 4.78 is 60.0. The Hall–Kier alpha value is -3.52. The number of piperazine rings is 1. The van der Waals surface area contributed by atoms with Crippen LogP contribution in [0.2, 0.25) is 0 Å². The Morgan fingerprint density at radius 3 is 2.50 bits per heavy atom. The molecule has 1 amide bonds. The molecule has 0 spiro atoms. The van der Waals surface area contributed by atoms with E-state index in [4.69, 9.17) is 4.74 Å². The fraction of sp³-hybridized carbons (Fsp3) is 0.462. The first-order valence-corrected chi connectivity index (χ1v) is 13.7. The lowest BCUT2D eigenvalue weighted by molar-refractivity contribution is -0.388. The summed E-state index contributed by atoms with van der Waals surface area (Å²) in [7, 11) is 0. The third kappa shape index (κ3) is 6.44. The van der Waals surface area contributed by atoms with Gasteiger partial charge in [0.15, 0.2) is 5.13 Å². The van der Waals surface area contributed by atoms with Gasteiger partial charge in [-0.3, -0.25) is 14.9 Å². The number of hydrogen-bond acceptors (Lipinski definition) is 8. The molecule has 1 N–H and O–H groups in total. The summed E-state index contributed by atoms with van der Waals surface area (Å²) in [4.78, 5) is 31.0. The monoisotopic (exact) mass is 581 g/mol. The van der Waals surface area contributed by atoms with Gasteiger partial charge in [0.2, 0.25) is 5.91 Å². The number of carbonyl (C=O) groups is 1. The van der Waals surface area contributed by atoms with Gasteiger partial charge < -0.3 is 19.9 Å². The molecule has 1 saturated carbocycles. The minimum Gasteiger partial charge on any atom is -0.382 e. The number of fused-ring (bicyclic) bond motifs is 1. The van der Waals surface area contributed by atoms with E-state index in [1.807, 2.05) is 0 Å². The van der Waals surface area contributed by atoms with E-state index >= 15 is 0 Å². The van der Waals surface area contributed by atoms with E-state index in [9.17, 15) is 32.5 Å². The number of aromatic nitrogens is 1. The van der Waals surface area contributed by atoms with Gasteiger partial charge in [0, 0.05) is 50.0 Å². The van der Waals surface area contributed by atoms with Crippen molar-refractivity contribution in [1.29, 1.82) is 0 Å². The highest BCUT2D eigenvalue weighted by Crippen LogP contribution is 2.38. The maximum atomic E-state index is 13.5. The minimum absolute atomic E-state index is 0.0412. The summed E-state index contributed by atoms with van der Waals surface area (Å²) in [6.07, 6.45) is -2.44. The molecule has 214 valence electrons. The molecule has 40 heavy (non-hydrogen) atoms. The predicted molar refractivity (Wildman–Crippen MR) is 142 cm³/mol. The quantitative estimate of drug-likeness (QED) is 0.225. The largest absolute Gasteiger partial charge is 0.423 e. The van der Waals surface area contributed by atoms with Crippen molar-refractivity contribution in [1.82, 2.24) is 9.88 Å². The third-order valence-corrected chi connectivity index (χ3v) is 8.32. The molecule has 0 unspecified atom stereocenters. The Bertz CT molecular complexity index is 1390. The number of rotatable bonds is 7. The van der Waals surface area contributed by atoms with Gasteiger partial charge in [0.25, 0.3) is 5.69 Å². The van der Waals surface area contributed by atoms with Crippen molar-refractivity contribution in [3.63, 3.8) is 0 Å². The summed E-state index contributed by atoms with van der Waals surface area (Å²) in [5, 5.41) is 14.8. The van der Waals surface area contributed by atoms with Crippen LogP contribution in [0.4, 0.5) is 34.1 Å². The number of nitro benzene ring substituents is 1. The Morgan fingerprint density at radius 2 is 1.82 bits per heavy atom. The van der Waals surface area contributed by atoms with Crippen LogP contribution in [0.1, 0.15) is 31.2 Å². The zero-order chi connectivity index (χ0) is 28.4. The predicted octanol–water partition coefficient (Wildman–Crippen LogP) is 5.45. The Kier molecular flexibility index (Phi) is 8.08. The number of nitrogens with one attached hydrogen (secondary N) is 1. The Morgan fingerprint density at radius 1 is 1.10 bits per heavy atom. The fourth-order valence-corrected chi connectivity index (χ4v) is 6.07. The fourth-order valence-electron chi connectivity index (χ4n) is 5.07. The maximum absolute atomic E-state index is 13.5. The topological polar surface area (TPSA) is 101 Å². The number of alkyl halides is 3. The number of benzene rings is 2. The summed E-state index contributed by atoms with van der Waals surface area (Å²) in [5.74, 6) is -0.426. The van der Waals surface area contributed by atoms with Crippen LogP contribution >= 0.6 is 11.3 Å². The van der Waals surface area contributed by atoms with Crippen LogP contribution in [0.15, 0.2) is 36.4 Å². The van der Waals surface area contributed by atoms with E-state index in [0.717, 1.165) is 22.0 Å². The lowest BCUT2D eigenvalue weighted by Crippen LogP contribution is -2.50. The van der Waals surface area contributed by atoms with Crippen LogP contribution in [-0.4, -0.2) is 65.6 Å². The van der Waals surface area contributed by atoms with Gasteiger partial charge in [-0.15, -0.1) is 0 Å². The van der Waals surface area contributed by atoms with E-state index < -0.39 is 22.4 Å². The average Bonchev–Trinajstić information content (AvgIpc) is 3.35. The van der Waals surface area contributed by atoms with E-state index in [2.05, 4.69) is 15.2 Å². The zero-order valence-electron chi connectivity index (χ0n) is 21.3. The molecule has 2 heterocycles. The van der Waals surface area contributed by atoms with Gasteiger partial charge >= 0.3 is 6.18 Å². The molecule has 2 fully saturated rings. The molecule has 1 saturated heterocycles. The van der Waals surface area contributed by atoms with Crippen molar-refractivity contribution >= 4 is 44.0 Å². The molecular formula is C26H27F4N5O4S. The number of carbonyl (C=O) groups excluding carboxylic acids is 1. The Labute approximate surface area is 230 Å². The molecule has 0 bridgehead atoms. The van der Waals surface area contributed by atoms with E-state index in [0.29, 0.717) is 57.4 Å². The average molecular weight is 582 g/mol. The number of nitrogens with zero attached hydrogens (tertiary/aromatic N) is 4. The van der Waals surface area contributed by atoms with Crippen molar-refractivity contribution in [3.8, 4) is 0 Å². The lowest BCUT2D eigenvalue weighted by Gasteiger charge is -2.35.